The zero-order valence-electron chi connectivity index (χ0n) is 13.0. The first-order valence-corrected chi connectivity index (χ1v) is 7.22. The first kappa shape index (κ1) is 15.8. The highest BCUT2D eigenvalue weighted by molar-refractivity contribution is 5.96. The smallest absolute Gasteiger partial charge is 0.339 e. The lowest BCUT2D eigenvalue weighted by atomic mass is 10.2. The number of rotatable bonds is 6. The number of hydrogen-bond donors (Lipinski definition) is 1. The molecule has 1 heterocycles. The SMILES string of the molecule is CCN(CC)c1nccc(Nc2ccccc2C(=O)OC)n1. The maximum atomic E-state index is 11.8. The Bertz CT molecular complexity index is 642. The Morgan fingerprint density at radius 3 is 2.64 bits per heavy atom. The van der Waals surface area contributed by atoms with E-state index in [9.17, 15) is 4.79 Å². The minimum Gasteiger partial charge on any atom is -0.465 e. The van der Waals surface area contributed by atoms with Crippen LogP contribution in [0.15, 0.2) is 36.5 Å². The largest absolute Gasteiger partial charge is 0.465 e. The summed E-state index contributed by atoms with van der Waals surface area (Å²) in [6.07, 6.45) is 1.70. The number of esters is 1. The molecule has 1 aromatic heterocycles. The van der Waals surface area contributed by atoms with Crippen LogP contribution in [-0.2, 0) is 4.74 Å². The molecule has 22 heavy (non-hydrogen) atoms. The van der Waals surface area contributed by atoms with Gasteiger partial charge in [-0.25, -0.2) is 9.78 Å². The molecule has 0 radical (unpaired) electrons. The monoisotopic (exact) mass is 300 g/mol. The van der Waals surface area contributed by atoms with E-state index in [1.54, 1.807) is 24.4 Å². The summed E-state index contributed by atoms with van der Waals surface area (Å²) in [6, 6.07) is 8.92. The second-order valence-corrected chi connectivity index (χ2v) is 4.58. The lowest BCUT2D eigenvalue weighted by molar-refractivity contribution is 0.0602. The number of nitrogens with zero attached hydrogens (tertiary/aromatic N) is 3. The van der Waals surface area contributed by atoms with Gasteiger partial charge in [0, 0.05) is 19.3 Å². The minimum atomic E-state index is -0.388. The van der Waals surface area contributed by atoms with Gasteiger partial charge in [0.15, 0.2) is 0 Å². The van der Waals surface area contributed by atoms with E-state index in [2.05, 4.69) is 34.0 Å². The van der Waals surface area contributed by atoms with Gasteiger partial charge in [-0.3, -0.25) is 0 Å². The molecular formula is C16H20N4O2. The third kappa shape index (κ3) is 3.52. The molecule has 0 aliphatic carbocycles. The molecule has 0 atom stereocenters. The first-order valence-electron chi connectivity index (χ1n) is 7.22. The van der Waals surface area contributed by atoms with E-state index in [1.165, 1.54) is 7.11 Å². The highest BCUT2D eigenvalue weighted by Crippen LogP contribution is 2.21. The fourth-order valence-corrected chi connectivity index (χ4v) is 2.09. The van der Waals surface area contributed by atoms with Crippen molar-refractivity contribution in [3.63, 3.8) is 0 Å². The maximum Gasteiger partial charge on any atom is 0.339 e. The number of carbonyl (C=O) groups excluding carboxylic acids is 1. The van der Waals surface area contributed by atoms with Crippen LogP contribution in [-0.4, -0.2) is 36.1 Å². The number of carbonyl (C=O) groups is 1. The number of anilines is 3. The van der Waals surface area contributed by atoms with Crippen LogP contribution in [0.4, 0.5) is 17.5 Å². The summed E-state index contributed by atoms with van der Waals surface area (Å²) in [6.45, 7) is 5.77. The molecule has 0 saturated heterocycles. The van der Waals surface area contributed by atoms with Gasteiger partial charge in [-0.15, -0.1) is 0 Å². The number of hydrogen-bond acceptors (Lipinski definition) is 6. The number of nitrogens with one attached hydrogen (secondary N) is 1. The van der Waals surface area contributed by atoms with Crippen LogP contribution >= 0.6 is 0 Å². The van der Waals surface area contributed by atoms with Gasteiger partial charge in [0.25, 0.3) is 0 Å². The number of benzene rings is 1. The quantitative estimate of drug-likeness (QED) is 0.827. The zero-order chi connectivity index (χ0) is 15.9. The summed E-state index contributed by atoms with van der Waals surface area (Å²) >= 11 is 0. The van der Waals surface area contributed by atoms with Crippen LogP contribution < -0.4 is 10.2 Å². The Labute approximate surface area is 130 Å². The zero-order valence-corrected chi connectivity index (χ0v) is 13.0. The molecule has 0 bridgehead atoms. The molecule has 6 heteroatoms. The van der Waals surface area contributed by atoms with Gasteiger partial charge in [-0.2, -0.15) is 4.98 Å². The van der Waals surface area contributed by atoms with Crippen LogP contribution in [0.3, 0.4) is 0 Å². The van der Waals surface area contributed by atoms with Gasteiger partial charge in [0.05, 0.1) is 18.4 Å². The fourth-order valence-electron chi connectivity index (χ4n) is 2.09. The van der Waals surface area contributed by atoms with Crippen molar-refractivity contribution in [2.45, 2.75) is 13.8 Å². The van der Waals surface area contributed by atoms with Crippen molar-refractivity contribution >= 4 is 23.4 Å². The topological polar surface area (TPSA) is 67.4 Å². The van der Waals surface area contributed by atoms with Gasteiger partial charge in [0.1, 0.15) is 5.82 Å². The molecule has 1 aromatic carbocycles. The summed E-state index contributed by atoms with van der Waals surface area (Å²) in [5, 5.41) is 3.15. The predicted octanol–water partition coefficient (Wildman–Crippen LogP) is 2.85. The summed E-state index contributed by atoms with van der Waals surface area (Å²) in [4.78, 5) is 22.6. The van der Waals surface area contributed by atoms with E-state index in [-0.39, 0.29) is 5.97 Å². The molecule has 0 spiro atoms. The van der Waals surface area contributed by atoms with E-state index >= 15 is 0 Å². The minimum absolute atomic E-state index is 0.388. The number of aromatic nitrogens is 2. The van der Waals surface area contributed by atoms with E-state index in [4.69, 9.17) is 4.74 Å². The van der Waals surface area contributed by atoms with Crippen LogP contribution in [0.25, 0.3) is 0 Å². The van der Waals surface area contributed by atoms with E-state index in [0.717, 1.165) is 13.1 Å². The third-order valence-corrected chi connectivity index (χ3v) is 3.28. The molecule has 6 nitrogen and oxygen atoms in total. The average Bonchev–Trinajstić information content (AvgIpc) is 2.56. The van der Waals surface area contributed by atoms with E-state index < -0.39 is 0 Å². The molecule has 0 aliphatic rings. The molecule has 0 saturated carbocycles. The van der Waals surface area contributed by atoms with Gasteiger partial charge in [0.2, 0.25) is 5.95 Å². The second kappa shape index (κ2) is 7.40. The van der Waals surface area contributed by atoms with Crippen LogP contribution in [0.1, 0.15) is 24.2 Å². The molecular weight excluding hydrogens is 280 g/mol. The summed E-state index contributed by atoms with van der Waals surface area (Å²) < 4.78 is 4.79. The Kier molecular flexibility index (Phi) is 5.30. The van der Waals surface area contributed by atoms with Crippen molar-refractivity contribution in [2.75, 3.05) is 30.4 Å². The molecule has 116 valence electrons. The summed E-state index contributed by atoms with van der Waals surface area (Å²) in [5.74, 6) is 0.903. The normalized spacial score (nSPS) is 10.1. The van der Waals surface area contributed by atoms with Crippen LogP contribution in [0, 0.1) is 0 Å². The van der Waals surface area contributed by atoms with Gasteiger partial charge in [-0.05, 0) is 32.0 Å². The second-order valence-electron chi connectivity index (χ2n) is 4.58. The third-order valence-electron chi connectivity index (χ3n) is 3.28. The molecule has 0 fully saturated rings. The molecule has 0 aliphatic heterocycles. The summed E-state index contributed by atoms with van der Waals surface area (Å²) in [7, 11) is 1.36. The standard InChI is InChI=1S/C16H20N4O2/c1-4-20(5-2)16-17-11-10-14(19-16)18-13-9-7-6-8-12(13)15(21)22-3/h6-11H,4-5H2,1-3H3,(H,17,18,19). The van der Waals surface area contributed by atoms with Crippen molar-refractivity contribution in [3.05, 3.63) is 42.1 Å². The Morgan fingerprint density at radius 2 is 1.95 bits per heavy atom. The average molecular weight is 300 g/mol. The molecule has 0 amide bonds. The van der Waals surface area contributed by atoms with Gasteiger partial charge < -0.3 is 15.0 Å². The molecule has 2 aromatic rings. The van der Waals surface area contributed by atoms with E-state index in [1.807, 2.05) is 12.1 Å². The number of ether oxygens (including phenoxy) is 1. The maximum absolute atomic E-state index is 11.8. The van der Waals surface area contributed by atoms with Crippen molar-refractivity contribution in [3.8, 4) is 0 Å². The fraction of sp³-hybridized carbons (Fsp3) is 0.312. The Morgan fingerprint density at radius 1 is 1.23 bits per heavy atom. The number of para-hydroxylation sites is 1. The molecule has 2 rings (SSSR count). The Hall–Kier alpha value is -2.63. The molecule has 1 N–H and O–H groups in total. The number of methoxy groups -OCH3 is 1. The van der Waals surface area contributed by atoms with Crippen LogP contribution in [0.2, 0.25) is 0 Å². The van der Waals surface area contributed by atoms with Crippen molar-refractivity contribution in [1.29, 1.82) is 0 Å². The lowest BCUT2D eigenvalue weighted by Gasteiger charge is -2.19. The predicted molar refractivity (Wildman–Crippen MR) is 86.7 cm³/mol. The molecule has 0 unspecified atom stereocenters. The van der Waals surface area contributed by atoms with Gasteiger partial charge >= 0.3 is 5.97 Å². The van der Waals surface area contributed by atoms with Crippen LogP contribution in [0.5, 0.6) is 0 Å². The lowest BCUT2D eigenvalue weighted by Crippen LogP contribution is -2.24. The highest BCUT2D eigenvalue weighted by Gasteiger charge is 2.12. The van der Waals surface area contributed by atoms with Crippen molar-refractivity contribution < 1.29 is 9.53 Å². The van der Waals surface area contributed by atoms with E-state index in [0.29, 0.717) is 23.0 Å². The summed E-state index contributed by atoms with van der Waals surface area (Å²) in [5.41, 5.74) is 1.12. The first-order chi connectivity index (χ1) is 10.7. The Balaban J connectivity index is 2.28. The highest BCUT2D eigenvalue weighted by atomic mass is 16.5. The van der Waals surface area contributed by atoms with Gasteiger partial charge in [-0.1, -0.05) is 12.1 Å². The van der Waals surface area contributed by atoms with Crippen molar-refractivity contribution in [1.82, 2.24) is 9.97 Å². The van der Waals surface area contributed by atoms with Crippen molar-refractivity contribution in [2.24, 2.45) is 0 Å².